The Morgan fingerprint density at radius 2 is 2.27 bits per heavy atom. The van der Waals surface area contributed by atoms with Crippen LogP contribution in [0.4, 0.5) is 0 Å². The van der Waals surface area contributed by atoms with E-state index in [2.05, 4.69) is 39.6 Å². The summed E-state index contributed by atoms with van der Waals surface area (Å²) in [6, 6.07) is 6.44. The summed E-state index contributed by atoms with van der Waals surface area (Å²) < 4.78 is 0. The van der Waals surface area contributed by atoms with Crippen molar-refractivity contribution in [3.8, 4) is 0 Å². The van der Waals surface area contributed by atoms with Crippen molar-refractivity contribution in [3.05, 3.63) is 45.6 Å². The molecule has 1 aromatic heterocycles. The van der Waals surface area contributed by atoms with Crippen LogP contribution in [-0.4, -0.2) is 38.8 Å². The lowest BCUT2D eigenvalue weighted by atomic mass is 9.99. The summed E-state index contributed by atoms with van der Waals surface area (Å²) in [5.74, 6) is 0.629. The molecule has 0 radical (unpaired) electrons. The van der Waals surface area contributed by atoms with Crippen LogP contribution in [0.1, 0.15) is 23.4 Å². The normalized spacial score (nSPS) is 14.0. The first-order valence-electron chi connectivity index (χ1n) is 7.23. The van der Waals surface area contributed by atoms with Gasteiger partial charge in [0.05, 0.1) is 0 Å². The Morgan fingerprint density at radius 1 is 1.41 bits per heavy atom. The van der Waals surface area contributed by atoms with Crippen LogP contribution in [0.5, 0.6) is 0 Å². The third kappa shape index (κ3) is 3.24. The fourth-order valence-corrected chi connectivity index (χ4v) is 3.14. The minimum absolute atomic E-state index is 0.100. The van der Waals surface area contributed by atoms with Crippen molar-refractivity contribution in [2.45, 2.75) is 30.7 Å². The average molecular weight is 318 g/mol. The lowest BCUT2D eigenvalue weighted by molar-refractivity contribution is -0.132. The molecule has 3 rings (SSSR count). The van der Waals surface area contributed by atoms with Gasteiger partial charge in [0, 0.05) is 30.8 Å². The van der Waals surface area contributed by atoms with Crippen LogP contribution in [0.25, 0.3) is 0 Å². The van der Waals surface area contributed by atoms with Gasteiger partial charge in [0.1, 0.15) is 5.82 Å². The number of aromatic nitrogens is 3. The Hall–Kier alpha value is -2.02. The van der Waals surface area contributed by atoms with E-state index in [1.807, 2.05) is 4.90 Å². The molecule has 2 aromatic rings. The smallest absolute Gasteiger partial charge is 0.338 e. The minimum atomic E-state index is -0.334. The number of aromatic amines is 2. The number of carbonyl (C=O) groups is 1. The first-order valence-corrected chi connectivity index (χ1v) is 8.45. The zero-order valence-corrected chi connectivity index (χ0v) is 13.2. The van der Waals surface area contributed by atoms with Gasteiger partial charge in [0.15, 0.2) is 0 Å². The number of carbonyl (C=O) groups excluding carboxylic acids is 1. The van der Waals surface area contributed by atoms with Crippen molar-refractivity contribution in [2.75, 3.05) is 12.8 Å². The number of benzene rings is 1. The van der Waals surface area contributed by atoms with Gasteiger partial charge in [0.2, 0.25) is 5.91 Å². The predicted molar refractivity (Wildman–Crippen MR) is 84.9 cm³/mol. The highest BCUT2D eigenvalue weighted by Crippen LogP contribution is 2.24. The van der Waals surface area contributed by atoms with Crippen molar-refractivity contribution in [3.63, 3.8) is 0 Å². The van der Waals surface area contributed by atoms with Gasteiger partial charge >= 0.3 is 5.69 Å². The van der Waals surface area contributed by atoms with Crippen molar-refractivity contribution < 1.29 is 4.79 Å². The van der Waals surface area contributed by atoms with E-state index >= 15 is 0 Å². The number of nitrogens with zero attached hydrogens (tertiary/aromatic N) is 2. The fraction of sp³-hybridized carbons (Fsp3) is 0.400. The Labute approximate surface area is 132 Å². The van der Waals surface area contributed by atoms with Crippen LogP contribution >= 0.6 is 11.8 Å². The molecule has 1 amide bonds. The van der Waals surface area contributed by atoms with Gasteiger partial charge in [-0.25, -0.2) is 9.89 Å². The number of hydrogen-bond donors (Lipinski definition) is 2. The molecule has 0 saturated carbocycles. The molecule has 1 aromatic carbocycles. The minimum Gasteiger partial charge on any atom is -0.338 e. The van der Waals surface area contributed by atoms with Crippen LogP contribution in [0.15, 0.2) is 27.9 Å². The van der Waals surface area contributed by atoms with Gasteiger partial charge in [-0.05, 0) is 35.9 Å². The van der Waals surface area contributed by atoms with E-state index in [9.17, 15) is 9.59 Å². The molecule has 0 saturated heterocycles. The Balaban J connectivity index is 1.61. The number of amides is 1. The second-order valence-corrected chi connectivity index (χ2v) is 6.20. The number of aryl methyl sites for hydroxylation is 1. The average Bonchev–Trinajstić information content (AvgIpc) is 2.97. The van der Waals surface area contributed by atoms with E-state index in [4.69, 9.17) is 0 Å². The lowest BCUT2D eigenvalue weighted by Crippen LogP contribution is -2.36. The highest BCUT2D eigenvalue weighted by Gasteiger charge is 2.20. The van der Waals surface area contributed by atoms with Gasteiger partial charge in [-0.3, -0.25) is 9.78 Å². The summed E-state index contributed by atoms with van der Waals surface area (Å²) in [4.78, 5) is 29.0. The van der Waals surface area contributed by atoms with Crippen molar-refractivity contribution >= 4 is 17.7 Å². The third-order valence-corrected chi connectivity index (χ3v) is 4.63. The van der Waals surface area contributed by atoms with Gasteiger partial charge in [-0.1, -0.05) is 6.07 Å². The van der Waals surface area contributed by atoms with E-state index in [0.717, 1.165) is 13.0 Å². The molecular formula is C15H18N4O2S. The van der Waals surface area contributed by atoms with Crippen LogP contribution in [0.3, 0.4) is 0 Å². The zero-order chi connectivity index (χ0) is 15.5. The van der Waals surface area contributed by atoms with Crippen LogP contribution in [0.2, 0.25) is 0 Å². The Kier molecular flexibility index (Phi) is 4.33. The lowest BCUT2D eigenvalue weighted by Gasteiger charge is -2.29. The molecule has 6 nitrogen and oxygen atoms in total. The summed E-state index contributed by atoms with van der Waals surface area (Å²) in [6.45, 7) is 1.42. The van der Waals surface area contributed by atoms with Gasteiger partial charge in [-0.2, -0.15) is 5.10 Å². The van der Waals surface area contributed by atoms with E-state index < -0.39 is 0 Å². The van der Waals surface area contributed by atoms with E-state index in [1.165, 1.54) is 16.0 Å². The Morgan fingerprint density at radius 3 is 3.00 bits per heavy atom. The topological polar surface area (TPSA) is 81.8 Å². The Bertz CT molecular complexity index is 737. The molecular weight excluding hydrogens is 300 g/mol. The van der Waals surface area contributed by atoms with Crippen molar-refractivity contribution in [1.82, 2.24) is 20.1 Å². The highest BCUT2D eigenvalue weighted by atomic mass is 32.2. The predicted octanol–water partition coefficient (Wildman–Crippen LogP) is 1.34. The molecule has 0 spiro atoms. The summed E-state index contributed by atoms with van der Waals surface area (Å²) in [7, 11) is 0. The second-order valence-electron chi connectivity index (χ2n) is 5.32. The number of hydrogen-bond acceptors (Lipinski definition) is 4. The standard InChI is InChI=1S/C15H18N4O2S/c1-22-12-3-2-11-9-19(7-6-10(11)8-12)14(20)5-4-13-16-15(21)18-17-13/h2-3,8H,4-7,9H2,1H3,(H2,16,17,18,21). The molecule has 0 fully saturated rings. The molecule has 0 aliphatic carbocycles. The van der Waals surface area contributed by atoms with Gasteiger partial charge in [0.25, 0.3) is 0 Å². The molecule has 22 heavy (non-hydrogen) atoms. The first-order chi connectivity index (χ1) is 10.7. The van der Waals surface area contributed by atoms with E-state index in [-0.39, 0.29) is 11.6 Å². The highest BCUT2D eigenvalue weighted by molar-refractivity contribution is 7.98. The van der Waals surface area contributed by atoms with Crippen molar-refractivity contribution in [2.24, 2.45) is 0 Å². The number of fused-ring (bicyclic) bond motifs is 1. The van der Waals surface area contributed by atoms with Gasteiger partial charge < -0.3 is 4.90 Å². The summed E-state index contributed by atoms with van der Waals surface area (Å²) in [6.07, 6.45) is 3.78. The van der Waals surface area contributed by atoms with E-state index in [0.29, 0.717) is 25.2 Å². The number of H-pyrrole nitrogens is 2. The molecule has 116 valence electrons. The molecule has 0 atom stereocenters. The summed E-state index contributed by atoms with van der Waals surface area (Å²) in [5, 5.41) is 6.13. The fourth-order valence-electron chi connectivity index (χ4n) is 2.68. The maximum absolute atomic E-state index is 12.3. The molecule has 0 unspecified atom stereocenters. The van der Waals surface area contributed by atoms with Crippen LogP contribution < -0.4 is 5.69 Å². The monoisotopic (exact) mass is 318 g/mol. The maximum atomic E-state index is 12.3. The first kappa shape index (κ1) is 14.9. The second kappa shape index (κ2) is 6.39. The van der Waals surface area contributed by atoms with Gasteiger partial charge in [-0.15, -0.1) is 11.8 Å². The third-order valence-electron chi connectivity index (χ3n) is 3.90. The van der Waals surface area contributed by atoms with Crippen molar-refractivity contribution in [1.29, 1.82) is 0 Å². The number of thioether (sulfide) groups is 1. The molecule has 1 aliphatic heterocycles. The zero-order valence-electron chi connectivity index (χ0n) is 12.4. The maximum Gasteiger partial charge on any atom is 0.340 e. The number of rotatable bonds is 4. The van der Waals surface area contributed by atoms with Crippen LogP contribution in [0, 0.1) is 0 Å². The largest absolute Gasteiger partial charge is 0.340 e. The quantitative estimate of drug-likeness (QED) is 0.834. The number of nitrogens with one attached hydrogen (secondary N) is 2. The van der Waals surface area contributed by atoms with E-state index in [1.54, 1.807) is 11.8 Å². The molecule has 1 aliphatic rings. The molecule has 2 N–H and O–H groups in total. The van der Waals surface area contributed by atoms with Crippen LogP contribution in [-0.2, 0) is 24.2 Å². The molecule has 7 heteroatoms. The summed E-state index contributed by atoms with van der Waals surface area (Å²) in [5.41, 5.74) is 2.23. The summed E-state index contributed by atoms with van der Waals surface area (Å²) >= 11 is 1.74. The molecule has 0 bridgehead atoms. The molecule has 2 heterocycles. The SMILES string of the molecule is CSc1ccc2c(c1)CCN(C(=O)CCc1n[nH]c(=O)[nH]1)C2.